The minimum Gasteiger partial charge on any atom is -0.369 e. The largest absolute Gasteiger partial charge is 0.369 e. The molecule has 1 saturated carbocycles. The summed E-state index contributed by atoms with van der Waals surface area (Å²) in [7, 11) is 0. The lowest BCUT2D eigenvalue weighted by molar-refractivity contribution is -0.123. The fourth-order valence-corrected chi connectivity index (χ4v) is 4.15. The maximum absolute atomic E-state index is 12.2. The Morgan fingerprint density at radius 3 is 2.54 bits per heavy atom. The average molecular weight is 358 g/mol. The van der Waals surface area contributed by atoms with E-state index in [1.807, 2.05) is 24.3 Å². The van der Waals surface area contributed by atoms with Crippen LogP contribution in [0.1, 0.15) is 44.1 Å². The van der Waals surface area contributed by atoms with Gasteiger partial charge in [-0.05, 0) is 55.8 Å². The van der Waals surface area contributed by atoms with Gasteiger partial charge in [-0.3, -0.25) is 14.5 Å². The molecule has 0 radical (unpaired) electrons. The Balaban J connectivity index is 1.48. The van der Waals surface area contributed by atoms with E-state index in [-0.39, 0.29) is 23.8 Å². The van der Waals surface area contributed by atoms with Gasteiger partial charge in [-0.25, -0.2) is 0 Å². The predicted octanol–water partition coefficient (Wildman–Crippen LogP) is 1.84. The molecule has 2 amide bonds. The van der Waals surface area contributed by atoms with E-state index in [9.17, 15) is 9.59 Å². The standard InChI is InChI=1S/C20H30N4O2/c21-18-5-1-3-15(18)11-19(25)23-17-8-6-14(7-9-17)12-24-10-2-4-16(13-24)20(22)26/h6-9,15-16,18H,1-5,10-13,21H2,(H2,22,26)(H,23,25)/t15-,16?,18+/m0/s1. The van der Waals surface area contributed by atoms with Crippen LogP contribution in [-0.4, -0.2) is 35.8 Å². The number of nitrogens with one attached hydrogen (secondary N) is 1. The van der Waals surface area contributed by atoms with E-state index in [1.165, 1.54) is 5.56 Å². The molecule has 6 heteroatoms. The summed E-state index contributed by atoms with van der Waals surface area (Å²) in [6.07, 6.45) is 5.61. The van der Waals surface area contributed by atoms with Gasteiger partial charge in [0.25, 0.3) is 0 Å². The van der Waals surface area contributed by atoms with E-state index in [0.29, 0.717) is 12.3 Å². The fraction of sp³-hybridized carbons (Fsp3) is 0.600. The van der Waals surface area contributed by atoms with Crippen LogP contribution in [0.5, 0.6) is 0 Å². The van der Waals surface area contributed by atoms with Crippen LogP contribution in [0, 0.1) is 11.8 Å². The summed E-state index contributed by atoms with van der Waals surface area (Å²) in [6.45, 7) is 2.52. The molecule has 3 rings (SSSR count). The number of hydrogen-bond acceptors (Lipinski definition) is 4. The van der Waals surface area contributed by atoms with Crippen molar-refractivity contribution >= 4 is 17.5 Å². The Bertz CT molecular complexity index is 631. The maximum Gasteiger partial charge on any atom is 0.224 e. The SMILES string of the molecule is NC(=O)C1CCCN(Cc2ccc(NC(=O)C[C@@H]3CCC[C@H]3N)cc2)C1. The van der Waals surface area contributed by atoms with Crippen LogP contribution in [0.4, 0.5) is 5.69 Å². The van der Waals surface area contributed by atoms with Gasteiger partial charge in [0.05, 0.1) is 5.92 Å². The quantitative estimate of drug-likeness (QED) is 0.722. The zero-order chi connectivity index (χ0) is 18.5. The second-order valence-corrected chi connectivity index (χ2v) is 7.78. The molecule has 1 aliphatic heterocycles. The summed E-state index contributed by atoms with van der Waals surface area (Å²) in [5.41, 5.74) is 13.5. The maximum atomic E-state index is 12.2. The van der Waals surface area contributed by atoms with Crippen LogP contribution in [0.25, 0.3) is 0 Å². The van der Waals surface area contributed by atoms with Gasteiger partial charge >= 0.3 is 0 Å². The minimum atomic E-state index is -0.199. The lowest BCUT2D eigenvalue weighted by Gasteiger charge is -2.31. The third-order valence-electron chi connectivity index (χ3n) is 5.72. The van der Waals surface area contributed by atoms with Crippen LogP contribution in [0.2, 0.25) is 0 Å². The number of nitrogens with two attached hydrogens (primary N) is 2. The number of likely N-dealkylation sites (tertiary alicyclic amines) is 1. The highest BCUT2D eigenvalue weighted by molar-refractivity contribution is 5.90. The number of primary amides is 1. The summed E-state index contributed by atoms with van der Waals surface area (Å²) < 4.78 is 0. The van der Waals surface area contributed by atoms with Crippen molar-refractivity contribution < 1.29 is 9.59 Å². The van der Waals surface area contributed by atoms with Gasteiger partial charge in [0.2, 0.25) is 11.8 Å². The van der Waals surface area contributed by atoms with E-state index in [0.717, 1.165) is 57.4 Å². The van der Waals surface area contributed by atoms with Crippen LogP contribution < -0.4 is 16.8 Å². The van der Waals surface area contributed by atoms with Crippen molar-refractivity contribution in [2.45, 2.75) is 51.1 Å². The fourth-order valence-electron chi connectivity index (χ4n) is 4.15. The van der Waals surface area contributed by atoms with Gasteiger partial charge in [0.1, 0.15) is 0 Å². The number of nitrogens with zero attached hydrogens (tertiary/aromatic N) is 1. The Hall–Kier alpha value is -1.92. The summed E-state index contributed by atoms with van der Waals surface area (Å²) in [4.78, 5) is 25.9. The molecule has 1 aliphatic carbocycles. The lowest BCUT2D eigenvalue weighted by atomic mass is 9.97. The molecule has 0 spiro atoms. The Morgan fingerprint density at radius 2 is 1.88 bits per heavy atom. The second-order valence-electron chi connectivity index (χ2n) is 7.78. The van der Waals surface area contributed by atoms with E-state index >= 15 is 0 Å². The number of anilines is 1. The number of piperidine rings is 1. The number of rotatable bonds is 6. The van der Waals surface area contributed by atoms with Crippen molar-refractivity contribution in [2.24, 2.45) is 23.3 Å². The second kappa shape index (κ2) is 8.64. The lowest BCUT2D eigenvalue weighted by Crippen LogP contribution is -2.40. The molecule has 1 unspecified atom stereocenters. The Labute approximate surface area is 155 Å². The first-order valence-corrected chi connectivity index (χ1v) is 9.67. The summed E-state index contributed by atoms with van der Waals surface area (Å²) in [6, 6.07) is 8.11. The zero-order valence-electron chi connectivity index (χ0n) is 15.3. The van der Waals surface area contributed by atoms with Crippen LogP contribution in [0.3, 0.4) is 0 Å². The van der Waals surface area contributed by atoms with E-state index in [4.69, 9.17) is 11.5 Å². The summed E-state index contributed by atoms with van der Waals surface area (Å²) in [5, 5.41) is 2.97. The molecule has 26 heavy (non-hydrogen) atoms. The van der Waals surface area contributed by atoms with Crippen molar-refractivity contribution in [3.63, 3.8) is 0 Å². The monoisotopic (exact) mass is 358 g/mol. The molecule has 0 aromatic heterocycles. The molecule has 142 valence electrons. The van der Waals surface area contributed by atoms with E-state index in [2.05, 4.69) is 10.2 Å². The Kier molecular flexibility index (Phi) is 6.27. The van der Waals surface area contributed by atoms with Crippen molar-refractivity contribution in [1.29, 1.82) is 0 Å². The minimum absolute atomic E-state index is 0.0377. The molecular formula is C20H30N4O2. The molecule has 6 nitrogen and oxygen atoms in total. The number of carbonyl (C=O) groups is 2. The van der Waals surface area contributed by atoms with Crippen LogP contribution >= 0.6 is 0 Å². The molecule has 2 aliphatic rings. The molecule has 1 aromatic carbocycles. The van der Waals surface area contributed by atoms with Crippen LogP contribution in [0.15, 0.2) is 24.3 Å². The average Bonchev–Trinajstić information content (AvgIpc) is 3.01. The highest BCUT2D eigenvalue weighted by atomic mass is 16.2. The number of carbonyl (C=O) groups excluding carboxylic acids is 2. The van der Waals surface area contributed by atoms with Gasteiger partial charge in [-0.15, -0.1) is 0 Å². The normalized spacial score (nSPS) is 26.6. The molecule has 1 saturated heterocycles. The highest BCUT2D eigenvalue weighted by Gasteiger charge is 2.26. The number of hydrogen-bond donors (Lipinski definition) is 3. The van der Waals surface area contributed by atoms with Gasteiger partial charge in [0.15, 0.2) is 0 Å². The zero-order valence-corrected chi connectivity index (χ0v) is 15.3. The molecule has 5 N–H and O–H groups in total. The predicted molar refractivity (Wildman–Crippen MR) is 102 cm³/mol. The molecule has 1 heterocycles. The van der Waals surface area contributed by atoms with Crippen LogP contribution in [-0.2, 0) is 16.1 Å². The van der Waals surface area contributed by atoms with Crippen molar-refractivity contribution in [1.82, 2.24) is 4.90 Å². The van der Waals surface area contributed by atoms with Gasteiger partial charge < -0.3 is 16.8 Å². The smallest absolute Gasteiger partial charge is 0.224 e. The van der Waals surface area contributed by atoms with Gasteiger partial charge in [0, 0.05) is 31.2 Å². The topological polar surface area (TPSA) is 101 Å². The highest BCUT2D eigenvalue weighted by Crippen LogP contribution is 2.27. The van der Waals surface area contributed by atoms with Crippen molar-refractivity contribution in [2.75, 3.05) is 18.4 Å². The molecule has 3 atom stereocenters. The van der Waals surface area contributed by atoms with E-state index in [1.54, 1.807) is 0 Å². The third kappa shape index (κ3) is 5.05. The summed E-state index contributed by atoms with van der Waals surface area (Å²) in [5.74, 6) is 0.117. The summed E-state index contributed by atoms with van der Waals surface area (Å²) >= 11 is 0. The van der Waals surface area contributed by atoms with E-state index < -0.39 is 0 Å². The molecule has 1 aromatic rings. The first-order chi connectivity index (χ1) is 12.5. The van der Waals surface area contributed by atoms with Gasteiger partial charge in [-0.2, -0.15) is 0 Å². The molecular weight excluding hydrogens is 328 g/mol. The molecule has 0 bridgehead atoms. The Morgan fingerprint density at radius 1 is 1.12 bits per heavy atom. The van der Waals surface area contributed by atoms with Crippen molar-refractivity contribution in [3.05, 3.63) is 29.8 Å². The van der Waals surface area contributed by atoms with Crippen molar-refractivity contribution in [3.8, 4) is 0 Å². The first kappa shape index (κ1) is 18.9. The number of amides is 2. The number of benzene rings is 1. The molecule has 2 fully saturated rings. The third-order valence-corrected chi connectivity index (χ3v) is 5.72. The van der Waals surface area contributed by atoms with Gasteiger partial charge in [-0.1, -0.05) is 18.6 Å². The first-order valence-electron chi connectivity index (χ1n) is 9.67.